The second-order valence-electron chi connectivity index (χ2n) is 4.07. The first-order valence-electron chi connectivity index (χ1n) is 5.08. The van der Waals surface area contributed by atoms with E-state index in [9.17, 15) is 14.9 Å². The van der Waals surface area contributed by atoms with E-state index in [0.29, 0.717) is 5.69 Å². The summed E-state index contributed by atoms with van der Waals surface area (Å²) in [4.78, 5) is 22.0. The third-order valence-electron chi connectivity index (χ3n) is 2.17. The van der Waals surface area contributed by atoms with Gasteiger partial charge in [0.15, 0.2) is 5.75 Å². The number of ether oxygens (including phenoxy) is 1. The molecule has 1 aromatic carbocycles. The van der Waals surface area contributed by atoms with Crippen LogP contribution in [0.15, 0.2) is 18.2 Å². The Hall–Kier alpha value is -1.63. The highest BCUT2D eigenvalue weighted by molar-refractivity contribution is 9.10. The summed E-state index contributed by atoms with van der Waals surface area (Å²) in [5.74, 6) is -0.141. The molecule has 0 bridgehead atoms. The first-order valence-corrected chi connectivity index (χ1v) is 5.88. The Kier molecular flexibility index (Phi) is 4.28. The van der Waals surface area contributed by atoms with Gasteiger partial charge in [0.05, 0.1) is 16.4 Å². The van der Waals surface area contributed by atoms with Gasteiger partial charge in [-0.15, -0.1) is 0 Å². The molecule has 7 heteroatoms. The molecule has 98 valence electrons. The van der Waals surface area contributed by atoms with Gasteiger partial charge in [0.1, 0.15) is 0 Å². The third kappa shape index (κ3) is 3.43. The number of anilines is 1. The van der Waals surface area contributed by atoms with Gasteiger partial charge < -0.3 is 10.1 Å². The molecule has 6 nitrogen and oxygen atoms in total. The summed E-state index contributed by atoms with van der Waals surface area (Å²) >= 11 is 3.21. The molecule has 1 amide bonds. The number of nitrogens with one attached hydrogen (secondary N) is 1. The summed E-state index contributed by atoms with van der Waals surface area (Å²) in [5.41, 5.74) is 0.155. The predicted octanol–water partition coefficient (Wildman–Crippen LogP) is 2.72. The topological polar surface area (TPSA) is 81.5 Å². The Morgan fingerprint density at radius 3 is 2.56 bits per heavy atom. The molecule has 1 N–H and O–H groups in total. The van der Waals surface area contributed by atoms with Gasteiger partial charge in [0.2, 0.25) is 5.91 Å². The zero-order chi connectivity index (χ0) is 13.9. The van der Waals surface area contributed by atoms with Crippen LogP contribution in [0.4, 0.5) is 11.4 Å². The van der Waals surface area contributed by atoms with Crippen LogP contribution in [-0.4, -0.2) is 22.3 Å². The number of nitro benzene ring substituents is 1. The zero-order valence-electron chi connectivity index (χ0n) is 10.2. The minimum atomic E-state index is -0.748. The lowest BCUT2D eigenvalue weighted by Crippen LogP contribution is -2.30. The SMILES string of the molecule is COc1ccc(NC(=O)C(C)(C)Br)cc1[N+](=O)[O-]. The van der Waals surface area contributed by atoms with E-state index >= 15 is 0 Å². The van der Waals surface area contributed by atoms with Gasteiger partial charge in [-0.2, -0.15) is 0 Å². The molecule has 0 heterocycles. The van der Waals surface area contributed by atoms with Crippen molar-refractivity contribution in [3.63, 3.8) is 0 Å². The number of carbonyl (C=O) groups excluding carboxylic acids is 1. The van der Waals surface area contributed by atoms with Crippen molar-refractivity contribution < 1.29 is 14.5 Å². The number of methoxy groups -OCH3 is 1. The van der Waals surface area contributed by atoms with E-state index in [1.54, 1.807) is 19.9 Å². The second-order valence-corrected chi connectivity index (χ2v) is 6.05. The van der Waals surface area contributed by atoms with Gasteiger partial charge >= 0.3 is 5.69 Å². The fourth-order valence-electron chi connectivity index (χ4n) is 1.19. The molecule has 1 rings (SSSR count). The van der Waals surface area contributed by atoms with Gasteiger partial charge in [-0.3, -0.25) is 14.9 Å². The van der Waals surface area contributed by atoms with Crippen LogP contribution in [0.1, 0.15) is 13.8 Å². The molecule has 1 aromatic rings. The van der Waals surface area contributed by atoms with Crippen LogP contribution in [0.25, 0.3) is 0 Å². The lowest BCUT2D eigenvalue weighted by atomic mass is 10.2. The van der Waals surface area contributed by atoms with Gasteiger partial charge in [-0.1, -0.05) is 15.9 Å². The molecule has 0 saturated carbocycles. The molecule has 0 radical (unpaired) electrons. The molecule has 0 aliphatic carbocycles. The molecule has 0 aliphatic rings. The molecule has 0 saturated heterocycles. The number of rotatable bonds is 4. The molecule has 0 unspecified atom stereocenters. The first kappa shape index (κ1) is 14.4. The number of hydrogen-bond donors (Lipinski definition) is 1. The van der Waals surface area contributed by atoms with E-state index in [2.05, 4.69) is 21.2 Å². The van der Waals surface area contributed by atoms with Crippen LogP contribution < -0.4 is 10.1 Å². The smallest absolute Gasteiger partial charge is 0.312 e. The van der Waals surface area contributed by atoms with Crippen LogP contribution in [0.5, 0.6) is 5.75 Å². The van der Waals surface area contributed by atoms with E-state index in [-0.39, 0.29) is 17.3 Å². The van der Waals surface area contributed by atoms with Crippen LogP contribution in [0.2, 0.25) is 0 Å². The lowest BCUT2D eigenvalue weighted by Gasteiger charge is -2.15. The predicted molar refractivity (Wildman–Crippen MR) is 71.3 cm³/mol. The quantitative estimate of drug-likeness (QED) is 0.526. The Morgan fingerprint density at radius 2 is 2.11 bits per heavy atom. The standard InChI is InChI=1S/C11H13BrN2O4/c1-11(2,12)10(15)13-7-4-5-9(18-3)8(6-7)14(16)17/h4-6H,1-3H3,(H,13,15). The molecule has 0 aromatic heterocycles. The average Bonchev–Trinajstić information content (AvgIpc) is 2.27. The third-order valence-corrected chi connectivity index (χ3v) is 2.53. The van der Waals surface area contributed by atoms with E-state index in [1.807, 2.05) is 0 Å². The summed E-state index contributed by atoms with van der Waals surface area (Å²) in [6.07, 6.45) is 0. The van der Waals surface area contributed by atoms with Crippen molar-refractivity contribution in [1.29, 1.82) is 0 Å². The summed E-state index contributed by atoms with van der Waals surface area (Å²) in [7, 11) is 1.35. The van der Waals surface area contributed by atoms with E-state index < -0.39 is 9.25 Å². The molecule has 0 aliphatic heterocycles. The summed E-state index contributed by atoms with van der Waals surface area (Å²) in [6.45, 7) is 3.36. The van der Waals surface area contributed by atoms with Crippen LogP contribution in [0.3, 0.4) is 0 Å². The number of nitro groups is 1. The summed E-state index contributed by atoms with van der Waals surface area (Å²) < 4.78 is 4.12. The molecule has 0 fully saturated rings. The maximum atomic E-state index is 11.7. The normalized spacial score (nSPS) is 10.9. The van der Waals surface area contributed by atoms with Gasteiger partial charge in [0, 0.05) is 11.8 Å². The monoisotopic (exact) mass is 316 g/mol. The second kappa shape index (κ2) is 5.34. The Morgan fingerprint density at radius 1 is 1.50 bits per heavy atom. The van der Waals surface area contributed by atoms with Crippen molar-refractivity contribution in [2.24, 2.45) is 0 Å². The molecular weight excluding hydrogens is 304 g/mol. The number of alkyl halides is 1. The maximum Gasteiger partial charge on any atom is 0.312 e. The fraction of sp³-hybridized carbons (Fsp3) is 0.364. The van der Waals surface area contributed by atoms with Crippen molar-refractivity contribution in [2.75, 3.05) is 12.4 Å². The minimum Gasteiger partial charge on any atom is -0.490 e. The van der Waals surface area contributed by atoms with Gasteiger partial charge in [-0.05, 0) is 26.0 Å². The Balaban J connectivity index is 3.03. The van der Waals surface area contributed by atoms with Crippen molar-refractivity contribution in [3.05, 3.63) is 28.3 Å². The van der Waals surface area contributed by atoms with Crippen LogP contribution in [-0.2, 0) is 4.79 Å². The molecule has 0 spiro atoms. The van der Waals surface area contributed by atoms with E-state index in [4.69, 9.17) is 4.74 Å². The van der Waals surface area contributed by atoms with E-state index in [0.717, 1.165) is 0 Å². The number of carbonyl (C=O) groups is 1. The molecule has 0 atom stereocenters. The number of hydrogen-bond acceptors (Lipinski definition) is 4. The highest BCUT2D eigenvalue weighted by Crippen LogP contribution is 2.30. The zero-order valence-corrected chi connectivity index (χ0v) is 11.8. The summed E-state index contributed by atoms with van der Waals surface area (Å²) in [6, 6.07) is 4.24. The van der Waals surface area contributed by atoms with Gasteiger partial charge in [-0.25, -0.2) is 0 Å². The van der Waals surface area contributed by atoms with Crippen LogP contribution >= 0.6 is 15.9 Å². The minimum absolute atomic E-state index is 0.149. The number of nitrogens with zero attached hydrogens (tertiary/aromatic N) is 1. The number of benzene rings is 1. The number of halogens is 1. The summed E-state index contributed by atoms with van der Waals surface area (Å²) in [5, 5.41) is 13.4. The largest absolute Gasteiger partial charge is 0.490 e. The molecule has 18 heavy (non-hydrogen) atoms. The highest BCUT2D eigenvalue weighted by atomic mass is 79.9. The van der Waals surface area contributed by atoms with Crippen molar-refractivity contribution in [3.8, 4) is 5.75 Å². The van der Waals surface area contributed by atoms with Crippen LogP contribution in [0, 0.1) is 10.1 Å². The van der Waals surface area contributed by atoms with Crippen molar-refractivity contribution >= 4 is 33.2 Å². The maximum absolute atomic E-state index is 11.7. The molecular formula is C11H13BrN2O4. The highest BCUT2D eigenvalue weighted by Gasteiger charge is 2.24. The fourth-order valence-corrected chi connectivity index (χ4v) is 1.29. The lowest BCUT2D eigenvalue weighted by molar-refractivity contribution is -0.385. The van der Waals surface area contributed by atoms with Gasteiger partial charge in [0.25, 0.3) is 0 Å². The Labute approximate surface area is 113 Å². The first-order chi connectivity index (χ1) is 8.25. The average molecular weight is 317 g/mol. The van der Waals surface area contributed by atoms with E-state index in [1.165, 1.54) is 19.2 Å². The number of amides is 1. The van der Waals surface area contributed by atoms with Crippen molar-refractivity contribution in [1.82, 2.24) is 0 Å². The Bertz CT molecular complexity index is 482. The van der Waals surface area contributed by atoms with Crippen molar-refractivity contribution in [2.45, 2.75) is 18.2 Å².